The number of hydrogen-bond donors (Lipinski definition) is 1. The molecule has 0 spiro atoms. The van der Waals surface area contributed by atoms with Gasteiger partial charge in [-0.2, -0.15) is 0 Å². The van der Waals surface area contributed by atoms with Crippen LogP contribution in [0.15, 0.2) is 54.7 Å². The molecule has 88 valence electrons. The van der Waals surface area contributed by atoms with Gasteiger partial charge >= 0.3 is 0 Å². The summed E-state index contributed by atoms with van der Waals surface area (Å²) in [6.45, 7) is 0. The van der Waals surface area contributed by atoms with E-state index in [1.807, 2.05) is 30.3 Å². The third-order valence-corrected chi connectivity index (χ3v) is 2.88. The second-order valence-electron chi connectivity index (χ2n) is 4.07. The van der Waals surface area contributed by atoms with Gasteiger partial charge in [0.25, 0.3) is 0 Å². The number of pyridine rings is 1. The fourth-order valence-corrected chi connectivity index (χ4v) is 1.98. The molecule has 0 saturated heterocycles. The molecule has 2 nitrogen and oxygen atoms in total. The van der Waals surface area contributed by atoms with E-state index in [0.29, 0.717) is 5.56 Å². The maximum Gasteiger partial charge on any atom is 0.126 e. The lowest BCUT2D eigenvalue weighted by atomic mass is 10.0. The fraction of sp³-hybridized carbons (Fsp3) is 0. The molecule has 1 N–H and O–H groups in total. The standard InChI is InChI=1S/C15H10FNO/c16-12-5-6-13(15(18)9-12)11-4-3-10-2-1-7-17-14(10)8-11/h1-9,18H. The van der Waals surface area contributed by atoms with Crippen molar-refractivity contribution in [2.75, 3.05) is 0 Å². The van der Waals surface area contributed by atoms with E-state index >= 15 is 0 Å². The molecule has 1 heterocycles. The van der Waals surface area contributed by atoms with Gasteiger partial charge in [0.1, 0.15) is 11.6 Å². The van der Waals surface area contributed by atoms with Crippen molar-refractivity contribution in [1.82, 2.24) is 4.98 Å². The summed E-state index contributed by atoms with van der Waals surface area (Å²) in [6, 6.07) is 13.5. The molecular weight excluding hydrogens is 229 g/mol. The zero-order valence-electron chi connectivity index (χ0n) is 9.47. The Morgan fingerprint density at radius 3 is 2.72 bits per heavy atom. The summed E-state index contributed by atoms with van der Waals surface area (Å²) < 4.78 is 12.9. The van der Waals surface area contributed by atoms with Crippen LogP contribution in [-0.4, -0.2) is 10.1 Å². The number of phenolic OH excluding ortho intramolecular Hbond substituents is 1. The van der Waals surface area contributed by atoms with Gasteiger partial charge in [-0.3, -0.25) is 4.98 Å². The SMILES string of the molecule is Oc1cc(F)ccc1-c1ccc2cccnc2c1. The Balaban J connectivity index is 2.19. The van der Waals surface area contributed by atoms with E-state index < -0.39 is 5.82 Å². The number of phenols is 1. The lowest BCUT2D eigenvalue weighted by molar-refractivity contribution is 0.471. The number of aromatic nitrogens is 1. The van der Waals surface area contributed by atoms with E-state index in [-0.39, 0.29) is 5.75 Å². The monoisotopic (exact) mass is 239 g/mol. The van der Waals surface area contributed by atoms with Crippen molar-refractivity contribution in [3.63, 3.8) is 0 Å². The van der Waals surface area contributed by atoms with E-state index in [1.54, 1.807) is 12.3 Å². The van der Waals surface area contributed by atoms with Gasteiger partial charge in [-0.25, -0.2) is 4.39 Å². The quantitative estimate of drug-likeness (QED) is 0.701. The number of fused-ring (bicyclic) bond motifs is 1. The predicted molar refractivity (Wildman–Crippen MR) is 68.8 cm³/mol. The van der Waals surface area contributed by atoms with Gasteiger partial charge in [0.15, 0.2) is 0 Å². The molecule has 0 amide bonds. The van der Waals surface area contributed by atoms with Crippen molar-refractivity contribution in [1.29, 1.82) is 0 Å². The highest BCUT2D eigenvalue weighted by atomic mass is 19.1. The van der Waals surface area contributed by atoms with Crippen LogP contribution in [-0.2, 0) is 0 Å². The van der Waals surface area contributed by atoms with Gasteiger partial charge in [-0.05, 0) is 29.8 Å². The maximum absolute atomic E-state index is 12.9. The van der Waals surface area contributed by atoms with E-state index in [4.69, 9.17) is 0 Å². The second kappa shape index (κ2) is 4.11. The molecule has 0 radical (unpaired) electrons. The van der Waals surface area contributed by atoms with Gasteiger partial charge in [-0.15, -0.1) is 0 Å². The first-order valence-electron chi connectivity index (χ1n) is 5.58. The normalized spacial score (nSPS) is 10.7. The molecule has 1 aromatic heterocycles. The van der Waals surface area contributed by atoms with Gasteiger partial charge in [0.2, 0.25) is 0 Å². The molecule has 0 aliphatic heterocycles. The van der Waals surface area contributed by atoms with E-state index in [2.05, 4.69) is 4.98 Å². The van der Waals surface area contributed by atoms with Crippen LogP contribution >= 0.6 is 0 Å². The average Bonchev–Trinajstić information content (AvgIpc) is 2.38. The molecule has 0 fully saturated rings. The highest BCUT2D eigenvalue weighted by molar-refractivity contribution is 5.85. The van der Waals surface area contributed by atoms with Crippen LogP contribution in [0.25, 0.3) is 22.0 Å². The molecule has 0 aliphatic rings. The Hall–Kier alpha value is -2.42. The molecule has 3 rings (SSSR count). The molecular formula is C15H10FNO. The van der Waals surface area contributed by atoms with Crippen molar-refractivity contribution in [2.45, 2.75) is 0 Å². The largest absolute Gasteiger partial charge is 0.507 e. The van der Waals surface area contributed by atoms with Crippen molar-refractivity contribution in [3.05, 3.63) is 60.5 Å². The van der Waals surface area contributed by atoms with Gasteiger partial charge < -0.3 is 5.11 Å². The lowest BCUT2D eigenvalue weighted by Gasteiger charge is -2.06. The van der Waals surface area contributed by atoms with E-state index in [1.165, 1.54) is 6.07 Å². The van der Waals surface area contributed by atoms with Crippen molar-refractivity contribution in [2.24, 2.45) is 0 Å². The third-order valence-electron chi connectivity index (χ3n) is 2.88. The number of benzene rings is 2. The minimum atomic E-state index is -0.449. The zero-order valence-corrected chi connectivity index (χ0v) is 9.47. The number of hydrogen-bond acceptors (Lipinski definition) is 2. The fourth-order valence-electron chi connectivity index (χ4n) is 1.98. The van der Waals surface area contributed by atoms with Crippen molar-refractivity contribution >= 4 is 10.9 Å². The molecule has 18 heavy (non-hydrogen) atoms. The Morgan fingerprint density at radius 2 is 1.89 bits per heavy atom. The minimum absolute atomic E-state index is 0.0646. The van der Waals surface area contributed by atoms with Gasteiger partial charge in [-0.1, -0.05) is 18.2 Å². The van der Waals surface area contributed by atoms with E-state index in [9.17, 15) is 9.50 Å². The van der Waals surface area contributed by atoms with Crippen LogP contribution in [0.2, 0.25) is 0 Å². The number of halogens is 1. The molecule has 0 aliphatic carbocycles. The summed E-state index contributed by atoms with van der Waals surface area (Å²) in [7, 11) is 0. The summed E-state index contributed by atoms with van der Waals surface area (Å²) in [4.78, 5) is 4.26. The average molecular weight is 239 g/mol. The number of aromatic hydroxyl groups is 1. The second-order valence-corrected chi connectivity index (χ2v) is 4.07. The summed E-state index contributed by atoms with van der Waals surface area (Å²) >= 11 is 0. The molecule has 0 bridgehead atoms. The van der Waals surface area contributed by atoms with Crippen molar-refractivity contribution in [3.8, 4) is 16.9 Å². The Labute approximate surface area is 103 Å². The summed E-state index contributed by atoms with van der Waals surface area (Å²) in [5, 5.41) is 10.8. The molecule has 3 heteroatoms. The summed E-state index contributed by atoms with van der Waals surface area (Å²) in [6.07, 6.45) is 1.72. The lowest BCUT2D eigenvalue weighted by Crippen LogP contribution is -1.83. The van der Waals surface area contributed by atoms with Crippen LogP contribution in [0.1, 0.15) is 0 Å². The first-order chi connectivity index (χ1) is 8.74. The minimum Gasteiger partial charge on any atom is -0.507 e. The Kier molecular flexibility index (Phi) is 2.45. The summed E-state index contributed by atoms with van der Waals surface area (Å²) in [5.41, 5.74) is 2.27. The van der Waals surface area contributed by atoms with Crippen LogP contribution in [0.5, 0.6) is 5.75 Å². The highest BCUT2D eigenvalue weighted by Crippen LogP contribution is 2.31. The molecule has 0 atom stereocenters. The topological polar surface area (TPSA) is 33.1 Å². The van der Waals surface area contributed by atoms with Crippen LogP contribution in [0.4, 0.5) is 4.39 Å². The highest BCUT2D eigenvalue weighted by Gasteiger charge is 2.06. The molecule has 2 aromatic carbocycles. The first-order valence-corrected chi connectivity index (χ1v) is 5.58. The van der Waals surface area contributed by atoms with Gasteiger partial charge in [0.05, 0.1) is 5.52 Å². The van der Waals surface area contributed by atoms with Crippen molar-refractivity contribution < 1.29 is 9.50 Å². The van der Waals surface area contributed by atoms with E-state index in [0.717, 1.165) is 22.5 Å². The maximum atomic E-state index is 12.9. The Morgan fingerprint density at radius 1 is 1.00 bits per heavy atom. The number of nitrogens with zero attached hydrogens (tertiary/aromatic N) is 1. The van der Waals surface area contributed by atoms with Gasteiger partial charge in [0, 0.05) is 23.2 Å². The molecule has 0 saturated carbocycles. The smallest absolute Gasteiger partial charge is 0.126 e. The third kappa shape index (κ3) is 1.80. The zero-order chi connectivity index (χ0) is 12.5. The molecule has 3 aromatic rings. The number of rotatable bonds is 1. The van der Waals surface area contributed by atoms with Crippen LogP contribution in [0.3, 0.4) is 0 Å². The summed E-state index contributed by atoms with van der Waals surface area (Å²) in [5.74, 6) is -0.513. The predicted octanol–water partition coefficient (Wildman–Crippen LogP) is 3.75. The molecule has 0 unspecified atom stereocenters. The Bertz CT molecular complexity index is 725. The van der Waals surface area contributed by atoms with Crippen LogP contribution in [0, 0.1) is 5.82 Å². The first kappa shape index (κ1) is 10.7. The van der Waals surface area contributed by atoms with Crippen LogP contribution < -0.4 is 0 Å².